The molecule has 4 heteroatoms. The fourth-order valence-corrected chi connectivity index (χ4v) is 1.73. The SMILES string of the molecule is O=C(CNCCc1ccc(F)cc1)NCC1CC1. The molecule has 0 aliphatic heterocycles. The summed E-state index contributed by atoms with van der Waals surface area (Å²) >= 11 is 0. The Hall–Kier alpha value is -1.42. The van der Waals surface area contributed by atoms with Gasteiger partial charge in [0.2, 0.25) is 5.91 Å². The minimum absolute atomic E-state index is 0.0565. The van der Waals surface area contributed by atoms with Gasteiger partial charge < -0.3 is 10.6 Å². The molecule has 2 N–H and O–H groups in total. The Morgan fingerprint density at radius 3 is 2.67 bits per heavy atom. The molecule has 0 bridgehead atoms. The fourth-order valence-electron chi connectivity index (χ4n) is 1.73. The number of hydrogen-bond donors (Lipinski definition) is 2. The van der Waals surface area contributed by atoms with Gasteiger partial charge in [-0.05, 0) is 49.4 Å². The maximum absolute atomic E-state index is 12.7. The van der Waals surface area contributed by atoms with E-state index in [-0.39, 0.29) is 11.7 Å². The molecule has 1 fully saturated rings. The highest BCUT2D eigenvalue weighted by atomic mass is 19.1. The van der Waals surface area contributed by atoms with Gasteiger partial charge in [-0.2, -0.15) is 0 Å². The van der Waals surface area contributed by atoms with Crippen molar-refractivity contribution in [3.63, 3.8) is 0 Å². The smallest absolute Gasteiger partial charge is 0.233 e. The molecular weight excluding hydrogens is 231 g/mol. The van der Waals surface area contributed by atoms with E-state index in [0.717, 1.165) is 25.1 Å². The van der Waals surface area contributed by atoms with Crippen molar-refractivity contribution in [1.82, 2.24) is 10.6 Å². The fraction of sp³-hybridized carbons (Fsp3) is 0.500. The van der Waals surface area contributed by atoms with E-state index in [9.17, 15) is 9.18 Å². The molecule has 1 aromatic rings. The molecule has 0 heterocycles. The number of hydrogen-bond acceptors (Lipinski definition) is 2. The largest absolute Gasteiger partial charge is 0.355 e. The molecule has 1 saturated carbocycles. The first kappa shape index (κ1) is 13.0. The number of carbonyl (C=O) groups excluding carboxylic acids is 1. The number of amides is 1. The highest BCUT2D eigenvalue weighted by Crippen LogP contribution is 2.27. The van der Waals surface area contributed by atoms with E-state index in [2.05, 4.69) is 10.6 Å². The Kier molecular flexibility index (Phi) is 4.70. The molecule has 1 aliphatic rings. The van der Waals surface area contributed by atoms with Crippen molar-refractivity contribution in [3.05, 3.63) is 35.6 Å². The van der Waals surface area contributed by atoms with Crippen LogP contribution in [0.15, 0.2) is 24.3 Å². The predicted octanol–water partition coefficient (Wildman–Crippen LogP) is 1.48. The first-order chi connectivity index (χ1) is 8.74. The number of benzene rings is 1. The van der Waals surface area contributed by atoms with Crippen LogP contribution in [0.1, 0.15) is 18.4 Å². The summed E-state index contributed by atoms with van der Waals surface area (Å²) < 4.78 is 12.7. The summed E-state index contributed by atoms with van der Waals surface area (Å²) in [5.41, 5.74) is 1.07. The van der Waals surface area contributed by atoms with Crippen molar-refractivity contribution in [2.45, 2.75) is 19.3 Å². The van der Waals surface area contributed by atoms with Crippen molar-refractivity contribution in [3.8, 4) is 0 Å². The first-order valence-corrected chi connectivity index (χ1v) is 6.46. The van der Waals surface area contributed by atoms with Gasteiger partial charge in [-0.25, -0.2) is 4.39 Å². The first-order valence-electron chi connectivity index (χ1n) is 6.46. The van der Waals surface area contributed by atoms with Crippen molar-refractivity contribution < 1.29 is 9.18 Å². The average molecular weight is 250 g/mol. The lowest BCUT2D eigenvalue weighted by Crippen LogP contribution is -2.35. The van der Waals surface area contributed by atoms with E-state index in [4.69, 9.17) is 0 Å². The third-order valence-electron chi connectivity index (χ3n) is 3.07. The zero-order chi connectivity index (χ0) is 12.8. The van der Waals surface area contributed by atoms with Crippen LogP contribution in [0.4, 0.5) is 4.39 Å². The minimum Gasteiger partial charge on any atom is -0.355 e. The van der Waals surface area contributed by atoms with Gasteiger partial charge in [0.1, 0.15) is 5.82 Å². The van der Waals surface area contributed by atoms with Crippen LogP contribution in [0.3, 0.4) is 0 Å². The monoisotopic (exact) mass is 250 g/mol. The zero-order valence-corrected chi connectivity index (χ0v) is 10.4. The molecule has 3 nitrogen and oxygen atoms in total. The van der Waals surface area contributed by atoms with Crippen LogP contribution in [-0.4, -0.2) is 25.5 Å². The maximum atomic E-state index is 12.7. The molecule has 1 aromatic carbocycles. The van der Waals surface area contributed by atoms with E-state index in [1.165, 1.54) is 25.0 Å². The summed E-state index contributed by atoms with van der Waals surface area (Å²) in [5, 5.41) is 5.99. The Morgan fingerprint density at radius 1 is 1.28 bits per heavy atom. The summed E-state index contributed by atoms with van der Waals surface area (Å²) in [4.78, 5) is 11.4. The van der Waals surface area contributed by atoms with Gasteiger partial charge in [-0.3, -0.25) is 4.79 Å². The third-order valence-corrected chi connectivity index (χ3v) is 3.07. The summed E-state index contributed by atoms with van der Waals surface area (Å²) in [7, 11) is 0. The van der Waals surface area contributed by atoms with Crippen LogP contribution in [0.25, 0.3) is 0 Å². The summed E-state index contributed by atoms with van der Waals surface area (Å²) in [5.74, 6) is 0.556. The molecule has 18 heavy (non-hydrogen) atoms. The third kappa shape index (κ3) is 4.84. The lowest BCUT2D eigenvalue weighted by atomic mass is 10.1. The van der Waals surface area contributed by atoms with Gasteiger partial charge in [0.05, 0.1) is 6.54 Å². The highest BCUT2D eigenvalue weighted by molar-refractivity contribution is 5.77. The lowest BCUT2D eigenvalue weighted by Gasteiger charge is -2.06. The molecular formula is C14H19FN2O. The van der Waals surface area contributed by atoms with Crippen molar-refractivity contribution in [1.29, 1.82) is 0 Å². The minimum atomic E-state index is -0.217. The van der Waals surface area contributed by atoms with Crippen LogP contribution >= 0.6 is 0 Å². The molecule has 0 atom stereocenters. The van der Waals surface area contributed by atoms with Gasteiger partial charge in [-0.15, -0.1) is 0 Å². The van der Waals surface area contributed by atoms with E-state index in [1.807, 2.05) is 0 Å². The Labute approximate surface area is 107 Å². The number of carbonyl (C=O) groups is 1. The predicted molar refractivity (Wildman–Crippen MR) is 68.7 cm³/mol. The van der Waals surface area contributed by atoms with Gasteiger partial charge in [0.15, 0.2) is 0 Å². The van der Waals surface area contributed by atoms with Crippen LogP contribution in [0.5, 0.6) is 0 Å². The maximum Gasteiger partial charge on any atom is 0.233 e. The lowest BCUT2D eigenvalue weighted by molar-refractivity contribution is -0.120. The molecule has 98 valence electrons. The molecule has 0 radical (unpaired) electrons. The standard InChI is InChI=1S/C14H19FN2O/c15-13-5-3-11(4-6-13)7-8-16-10-14(18)17-9-12-1-2-12/h3-6,12,16H,1-2,7-10H2,(H,17,18). The van der Waals surface area contributed by atoms with E-state index in [0.29, 0.717) is 12.5 Å². The van der Waals surface area contributed by atoms with Crippen LogP contribution in [-0.2, 0) is 11.2 Å². The second kappa shape index (κ2) is 6.50. The van der Waals surface area contributed by atoms with Gasteiger partial charge >= 0.3 is 0 Å². The zero-order valence-electron chi connectivity index (χ0n) is 10.4. The molecule has 2 rings (SSSR count). The van der Waals surface area contributed by atoms with Crippen molar-refractivity contribution in [2.24, 2.45) is 5.92 Å². The Balaban J connectivity index is 1.54. The number of nitrogens with one attached hydrogen (secondary N) is 2. The van der Waals surface area contributed by atoms with E-state index >= 15 is 0 Å². The average Bonchev–Trinajstić information content (AvgIpc) is 3.18. The topological polar surface area (TPSA) is 41.1 Å². The summed E-state index contributed by atoms with van der Waals surface area (Å²) in [6.07, 6.45) is 3.30. The molecule has 1 aliphatic carbocycles. The normalized spacial score (nSPS) is 14.5. The number of rotatable bonds is 7. The second-order valence-electron chi connectivity index (χ2n) is 4.80. The van der Waals surface area contributed by atoms with E-state index in [1.54, 1.807) is 12.1 Å². The Morgan fingerprint density at radius 2 is 2.00 bits per heavy atom. The van der Waals surface area contributed by atoms with Gasteiger partial charge in [0.25, 0.3) is 0 Å². The van der Waals surface area contributed by atoms with E-state index < -0.39 is 0 Å². The van der Waals surface area contributed by atoms with Gasteiger partial charge in [0, 0.05) is 6.54 Å². The van der Waals surface area contributed by atoms with Crippen LogP contribution in [0.2, 0.25) is 0 Å². The molecule has 1 amide bonds. The van der Waals surface area contributed by atoms with Crippen molar-refractivity contribution in [2.75, 3.05) is 19.6 Å². The second-order valence-corrected chi connectivity index (χ2v) is 4.80. The molecule has 0 unspecified atom stereocenters. The molecule has 0 spiro atoms. The van der Waals surface area contributed by atoms with Crippen molar-refractivity contribution >= 4 is 5.91 Å². The summed E-state index contributed by atoms with van der Waals surface area (Å²) in [6, 6.07) is 6.45. The Bertz CT molecular complexity index is 387. The van der Waals surface area contributed by atoms with Gasteiger partial charge in [-0.1, -0.05) is 12.1 Å². The summed E-state index contributed by atoms with van der Waals surface area (Å²) in [6.45, 7) is 1.90. The molecule has 0 saturated heterocycles. The quantitative estimate of drug-likeness (QED) is 0.720. The number of halogens is 1. The van der Waals surface area contributed by atoms with Crippen LogP contribution in [0, 0.1) is 11.7 Å². The van der Waals surface area contributed by atoms with Crippen LogP contribution < -0.4 is 10.6 Å². The molecule has 0 aromatic heterocycles. The highest BCUT2D eigenvalue weighted by Gasteiger charge is 2.21.